The van der Waals surface area contributed by atoms with Crippen molar-refractivity contribution in [3.8, 4) is 0 Å². The molecule has 3 aromatic rings. The first-order valence-electron chi connectivity index (χ1n) is 6.67. The molecule has 21 heavy (non-hydrogen) atoms. The van der Waals surface area contributed by atoms with Gasteiger partial charge in [0.2, 0.25) is 5.91 Å². The Bertz CT molecular complexity index is 861. The topological polar surface area (TPSA) is 77.8 Å². The summed E-state index contributed by atoms with van der Waals surface area (Å²) in [7, 11) is 0. The predicted octanol–water partition coefficient (Wildman–Crippen LogP) is 2.35. The molecule has 2 aromatic carbocycles. The van der Waals surface area contributed by atoms with Gasteiger partial charge < -0.3 is 15.3 Å². The first kappa shape index (κ1) is 13.2. The van der Waals surface area contributed by atoms with Crippen molar-refractivity contribution in [3.05, 3.63) is 64.1 Å². The molecule has 0 saturated carbocycles. The van der Waals surface area contributed by atoms with Crippen molar-refractivity contribution in [3.63, 3.8) is 0 Å². The Labute approximate surface area is 121 Å². The van der Waals surface area contributed by atoms with Crippen molar-refractivity contribution < 1.29 is 4.79 Å². The molecule has 0 aliphatic carbocycles. The van der Waals surface area contributed by atoms with E-state index in [1.54, 1.807) is 18.2 Å². The predicted molar refractivity (Wildman–Crippen MR) is 82.4 cm³/mol. The third-order valence-electron chi connectivity index (χ3n) is 3.25. The number of hydrogen-bond acceptors (Lipinski definition) is 2. The van der Waals surface area contributed by atoms with Gasteiger partial charge in [-0.25, -0.2) is 4.79 Å². The number of hydrogen-bond donors (Lipinski definition) is 3. The first-order chi connectivity index (χ1) is 10.1. The average molecular weight is 281 g/mol. The van der Waals surface area contributed by atoms with E-state index in [4.69, 9.17) is 0 Å². The van der Waals surface area contributed by atoms with E-state index in [1.165, 1.54) is 0 Å². The molecule has 0 radical (unpaired) electrons. The molecule has 0 unspecified atom stereocenters. The van der Waals surface area contributed by atoms with E-state index in [9.17, 15) is 9.59 Å². The summed E-state index contributed by atoms with van der Waals surface area (Å²) in [6.07, 6.45) is 0.323. The quantitative estimate of drug-likeness (QED) is 0.689. The second-order valence-electron chi connectivity index (χ2n) is 5.05. The molecule has 0 spiro atoms. The highest BCUT2D eigenvalue weighted by Gasteiger charge is 2.06. The van der Waals surface area contributed by atoms with E-state index in [0.717, 1.165) is 16.6 Å². The Morgan fingerprint density at radius 2 is 1.90 bits per heavy atom. The molecule has 1 heterocycles. The normalized spacial score (nSPS) is 10.7. The van der Waals surface area contributed by atoms with E-state index in [-0.39, 0.29) is 11.6 Å². The maximum absolute atomic E-state index is 12.0. The molecule has 3 N–H and O–H groups in total. The van der Waals surface area contributed by atoms with Crippen LogP contribution in [0.1, 0.15) is 11.1 Å². The van der Waals surface area contributed by atoms with Gasteiger partial charge in [-0.05, 0) is 30.7 Å². The minimum Gasteiger partial charge on any atom is -0.326 e. The van der Waals surface area contributed by atoms with Crippen LogP contribution in [-0.2, 0) is 11.2 Å². The number of benzene rings is 2. The zero-order chi connectivity index (χ0) is 14.8. The summed E-state index contributed by atoms with van der Waals surface area (Å²) in [6, 6.07) is 13.1. The number of fused-ring (bicyclic) bond motifs is 1. The van der Waals surface area contributed by atoms with Crippen LogP contribution < -0.4 is 11.0 Å². The summed E-state index contributed by atoms with van der Waals surface area (Å²) >= 11 is 0. The smallest absolute Gasteiger partial charge is 0.323 e. The third kappa shape index (κ3) is 3.02. The largest absolute Gasteiger partial charge is 0.326 e. The summed E-state index contributed by atoms with van der Waals surface area (Å²) in [4.78, 5) is 28.6. The third-order valence-corrected chi connectivity index (χ3v) is 3.25. The minimum absolute atomic E-state index is 0.0853. The van der Waals surface area contributed by atoms with Crippen molar-refractivity contribution in [2.45, 2.75) is 13.3 Å². The van der Waals surface area contributed by atoms with Crippen LogP contribution in [0.3, 0.4) is 0 Å². The van der Waals surface area contributed by atoms with Crippen LogP contribution in [0.25, 0.3) is 11.0 Å². The minimum atomic E-state index is -0.256. The van der Waals surface area contributed by atoms with Crippen molar-refractivity contribution in [1.29, 1.82) is 0 Å². The van der Waals surface area contributed by atoms with Gasteiger partial charge in [-0.15, -0.1) is 0 Å². The van der Waals surface area contributed by atoms with Crippen LogP contribution in [-0.4, -0.2) is 15.9 Å². The molecule has 0 aliphatic rings. The van der Waals surface area contributed by atoms with Gasteiger partial charge >= 0.3 is 5.69 Å². The lowest BCUT2D eigenvalue weighted by Crippen LogP contribution is -2.14. The number of nitrogens with one attached hydrogen (secondary N) is 3. The fraction of sp³-hybridized carbons (Fsp3) is 0.125. The lowest BCUT2D eigenvalue weighted by molar-refractivity contribution is -0.115. The number of rotatable bonds is 3. The average Bonchev–Trinajstić information content (AvgIpc) is 2.78. The molecular formula is C16H15N3O2. The van der Waals surface area contributed by atoms with Crippen molar-refractivity contribution in [2.24, 2.45) is 0 Å². The Hall–Kier alpha value is -2.82. The molecular weight excluding hydrogens is 266 g/mol. The molecule has 5 heteroatoms. The maximum Gasteiger partial charge on any atom is 0.323 e. The molecule has 0 fully saturated rings. The molecule has 0 saturated heterocycles. The highest BCUT2D eigenvalue weighted by molar-refractivity contribution is 5.94. The van der Waals surface area contributed by atoms with Crippen molar-refractivity contribution in [2.75, 3.05) is 5.32 Å². The summed E-state index contributed by atoms with van der Waals surface area (Å²) < 4.78 is 0. The van der Waals surface area contributed by atoms with Gasteiger partial charge in [0, 0.05) is 5.69 Å². The zero-order valence-electron chi connectivity index (χ0n) is 11.6. The number of aromatic amines is 2. The standard InChI is InChI=1S/C16H15N3O2/c1-10-3-2-4-11(7-10)8-15(20)17-12-5-6-13-14(9-12)19-16(21)18-13/h2-7,9H,8H2,1H3,(H,17,20)(H2,18,19,21). The Morgan fingerprint density at radius 3 is 2.71 bits per heavy atom. The number of aryl methyl sites for hydroxylation is 1. The van der Waals surface area contributed by atoms with Crippen molar-refractivity contribution >= 4 is 22.6 Å². The lowest BCUT2D eigenvalue weighted by atomic mass is 10.1. The Balaban J connectivity index is 1.75. The fourth-order valence-corrected chi connectivity index (χ4v) is 2.32. The summed E-state index contributed by atoms with van der Waals surface area (Å²) in [6.45, 7) is 2.00. The van der Waals surface area contributed by atoms with Crippen LogP contribution in [0.2, 0.25) is 0 Å². The molecule has 1 amide bonds. The molecule has 3 rings (SSSR count). The van der Waals surface area contributed by atoms with Crippen LogP contribution in [0.5, 0.6) is 0 Å². The number of aromatic nitrogens is 2. The van der Waals surface area contributed by atoms with Gasteiger partial charge in [0.25, 0.3) is 0 Å². The van der Waals surface area contributed by atoms with E-state index >= 15 is 0 Å². The SMILES string of the molecule is Cc1cccc(CC(=O)Nc2ccc3[nH]c(=O)[nH]c3c2)c1. The van der Waals surface area contributed by atoms with Gasteiger partial charge in [-0.2, -0.15) is 0 Å². The van der Waals surface area contributed by atoms with Gasteiger partial charge in [-0.3, -0.25) is 4.79 Å². The number of carbonyl (C=O) groups is 1. The van der Waals surface area contributed by atoms with E-state index in [0.29, 0.717) is 17.6 Å². The molecule has 106 valence electrons. The molecule has 0 atom stereocenters. The number of H-pyrrole nitrogens is 2. The van der Waals surface area contributed by atoms with E-state index in [2.05, 4.69) is 15.3 Å². The molecule has 5 nitrogen and oxygen atoms in total. The van der Waals surface area contributed by atoms with Gasteiger partial charge in [0.1, 0.15) is 0 Å². The Morgan fingerprint density at radius 1 is 1.10 bits per heavy atom. The molecule has 0 bridgehead atoms. The van der Waals surface area contributed by atoms with Crippen LogP contribution >= 0.6 is 0 Å². The summed E-state index contributed by atoms with van der Waals surface area (Å²) in [5.41, 5.74) is 3.91. The van der Waals surface area contributed by atoms with Crippen LogP contribution in [0.4, 0.5) is 5.69 Å². The fourth-order valence-electron chi connectivity index (χ4n) is 2.32. The number of amides is 1. The van der Waals surface area contributed by atoms with E-state index < -0.39 is 0 Å². The zero-order valence-corrected chi connectivity index (χ0v) is 11.6. The highest BCUT2D eigenvalue weighted by atomic mass is 16.1. The Kier molecular flexibility index (Phi) is 3.31. The van der Waals surface area contributed by atoms with E-state index in [1.807, 2.05) is 31.2 Å². The maximum atomic E-state index is 12.0. The highest BCUT2D eigenvalue weighted by Crippen LogP contribution is 2.15. The van der Waals surface area contributed by atoms with Crippen molar-refractivity contribution in [1.82, 2.24) is 9.97 Å². The molecule has 0 aliphatic heterocycles. The summed E-state index contributed by atoms with van der Waals surface area (Å²) in [5.74, 6) is -0.0853. The number of anilines is 1. The van der Waals surface area contributed by atoms with Gasteiger partial charge in [-0.1, -0.05) is 29.8 Å². The monoisotopic (exact) mass is 281 g/mol. The second kappa shape index (κ2) is 5.28. The number of carbonyl (C=O) groups excluding carboxylic acids is 1. The lowest BCUT2D eigenvalue weighted by Gasteiger charge is -2.06. The number of imidazole rings is 1. The van der Waals surface area contributed by atoms with Gasteiger partial charge in [0.15, 0.2) is 0 Å². The molecule has 1 aromatic heterocycles. The summed E-state index contributed by atoms with van der Waals surface area (Å²) in [5, 5.41) is 2.84. The van der Waals surface area contributed by atoms with Crippen LogP contribution in [0, 0.1) is 6.92 Å². The first-order valence-corrected chi connectivity index (χ1v) is 6.67. The van der Waals surface area contributed by atoms with Crippen LogP contribution in [0.15, 0.2) is 47.3 Å². The second-order valence-corrected chi connectivity index (χ2v) is 5.05. The van der Waals surface area contributed by atoms with Gasteiger partial charge in [0.05, 0.1) is 17.5 Å².